The number of nitrogens with zero attached hydrogens (tertiary/aromatic N) is 2. The first-order valence-electron chi connectivity index (χ1n) is 8.15. The zero-order valence-electron chi connectivity index (χ0n) is 14.2. The van der Waals surface area contributed by atoms with Crippen molar-refractivity contribution in [2.75, 3.05) is 13.2 Å². The summed E-state index contributed by atoms with van der Waals surface area (Å²) in [6, 6.07) is 14.7. The number of carbonyl (C=O) groups is 1. The predicted octanol–water partition coefficient (Wildman–Crippen LogP) is 3.44. The lowest BCUT2D eigenvalue weighted by molar-refractivity contribution is -0.123. The van der Waals surface area contributed by atoms with Crippen LogP contribution in [0.15, 0.2) is 53.1 Å². The highest BCUT2D eigenvalue weighted by Gasteiger charge is 2.09. The first-order chi connectivity index (χ1) is 12.6. The SMILES string of the molecule is Cc1ccc(-c2noc(CCNC(=O)COc3ccc(Cl)cc3)n2)cc1. The van der Waals surface area contributed by atoms with Crippen LogP contribution in [-0.2, 0) is 11.2 Å². The standard InChI is InChI=1S/C19H18ClN3O3/c1-13-2-4-14(5-3-13)19-22-18(26-23-19)10-11-21-17(24)12-25-16-8-6-15(20)7-9-16/h2-9H,10-12H2,1H3,(H,21,24). The quantitative estimate of drug-likeness (QED) is 0.688. The van der Waals surface area contributed by atoms with Crippen molar-refractivity contribution in [1.82, 2.24) is 15.5 Å². The van der Waals surface area contributed by atoms with Crippen molar-refractivity contribution in [3.05, 3.63) is 65.0 Å². The first kappa shape index (κ1) is 17.9. The minimum absolute atomic E-state index is 0.0694. The fraction of sp³-hybridized carbons (Fsp3) is 0.211. The Morgan fingerprint density at radius 3 is 2.62 bits per heavy atom. The van der Waals surface area contributed by atoms with E-state index in [-0.39, 0.29) is 12.5 Å². The van der Waals surface area contributed by atoms with Crippen LogP contribution in [-0.4, -0.2) is 29.2 Å². The minimum atomic E-state index is -0.224. The van der Waals surface area contributed by atoms with Crippen molar-refractivity contribution in [1.29, 1.82) is 0 Å². The van der Waals surface area contributed by atoms with Crippen molar-refractivity contribution in [3.63, 3.8) is 0 Å². The van der Waals surface area contributed by atoms with Crippen LogP contribution in [0, 0.1) is 6.92 Å². The smallest absolute Gasteiger partial charge is 0.257 e. The third-order valence-corrected chi connectivity index (χ3v) is 3.87. The molecule has 0 aliphatic carbocycles. The van der Waals surface area contributed by atoms with E-state index >= 15 is 0 Å². The summed E-state index contributed by atoms with van der Waals surface area (Å²) in [4.78, 5) is 16.1. The van der Waals surface area contributed by atoms with Crippen molar-refractivity contribution in [2.45, 2.75) is 13.3 Å². The molecular formula is C19H18ClN3O3. The summed E-state index contributed by atoms with van der Waals surface area (Å²) in [6.07, 6.45) is 0.450. The van der Waals surface area contributed by atoms with Gasteiger partial charge in [0.1, 0.15) is 5.75 Å². The molecule has 3 aromatic rings. The van der Waals surface area contributed by atoms with Gasteiger partial charge in [0.2, 0.25) is 11.7 Å². The van der Waals surface area contributed by atoms with Gasteiger partial charge in [0.15, 0.2) is 6.61 Å². The maximum atomic E-state index is 11.8. The number of rotatable bonds is 7. The second-order valence-electron chi connectivity index (χ2n) is 5.72. The fourth-order valence-corrected chi connectivity index (χ4v) is 2.34. The molecule has 2 aromatic carbocycles. The molecule has 26 heavy (non-hydrogen) atoms. The van der Waals surface area contributed by atoms with E-state index in [0.29, 0.717) is 35.5 Å². The molecule has 0 aliphatic heterocycles. The van der Waals surface area contributed by atoms with Gasteiger partial charge < -0.3 is 14.6 Å². The van der Waals surface area contributed by atoms with Gasteiger partial charge in [-0.1, -0.05) is 46.6 Å². The molecule has 6 nitrogen and oxygen atoms in total. The number of aryl methyl sites for hydroxylation is 1. The molecule has 0 bridgehead atoms. The molecular weight excluding hydrogens is 354 g/mol. The summed E-state index contributed by atoms with van der Waals surface area (Å²) >= 11 is 5.79. The number of ether oxygens (including phenoxy) is 1. The van der Waals surface area contributed by atoms with Gasteiger partial charge in [-0.2, -0.15) is 4.98 Å². The fourth-order valence-electron chi connectivity index (χ4n) is 2.22. The topological polar surface area (TPSA) is 77.2 Å². The molecule has 0 saturated carbocycles. The van der Waals surface area contributed by atoms with Gasteiger partial charge in [-0.15, -0.1) is 0 Å². The van der Waals surface area contributed by atoms with Crippen LogP contribution in [0.1, 0.15) is 11.5 Å². The van der Waals surface area contributed by atoms with E-state index in [4.69, 9.17) is 20.9 Å². The van der Waals surface area contributed by atoms with Gasteiger partial charge in [-0.25, -0.2) is 0 Å². The highest BCUT2D eigenvalue weighted by atomic mass is 35.5. The number of benzene rings is 2. The van der Waals surface area contributed by atoms with Crippen molar-refractivity contribution in [3.8, 4) is 17.1 Å². The van der Waals surface area contributed by atoms with E-state index in [1.807, 2.05) is 31.2 Å². The number of amides is 1. The van der Waals surface area contributed by atoms with Crippen molar-refractivity contribution in [2.24, 2.45) is 0 Å². The molecule has 0 radical (unpaired) electrons. The van der Waals surface area contributed by atoms with Gasteiger partial charge in [0, 0.05) is 23.6 Å². The monoisotopic (exact) mass is 371 g/mol. The van der Waals surface area contributed by atoms with Gasteiger partial charge in [0.05, 0.1) is 0 Å². The molecule has 0 fully saturated rings. The molecule has 3 rings (SSSR count). The zero-order valence-corrected chi connectivity index (χ0v) is 15.0. The molecule has 1 aromatic heterocycles. The van der Waals surface area contributed by atoms with Crippen LogP contribution in [0.4, 0.5) is 0 Å². The Labute approximate surface area is 156 Å². The maximum absolute atomic E-state index is 11.8. The Hall–Kier alpha value is -2.86. The largest absolute Gasteiger partial charge is 0.484 e. The van der Waals surface area contributed by atoms with E-state index in [9.17, 15) is 4.79 Å². The first-order valence-corrected chi connectivity index (χ1v) is 8.52. The molecule has 1 amide bonds. The van der Waals surface area contributed by atoms with Gasteiger partial charge in [0.25, 0.3) is 5.91 Å². The Balaban J connectivity index is 1.42. The second-order valence-corrected chi connectivity index (χ2v) is 6.16. The average Bonchev–Trinajstić information content (AvgIpc) is 3.11. The highest BCUT2D eigenvalue weighted by Crippen LogP contribution is 2.16. The summed E-state index contributed by atoms with van der Waals surface area (Å²) in [5.41, 5.74) is 2.06. The summed E-state index contributed by atoms with van der Waals surface area (Å²) in [6.45, 7) is 2.34. The van der Waals surface area contributed by atoms with Crippen molar-refractivity contribution < 1.29 is 14.1 Å². The van der Waals surface area contributed by atoms with E-state index in [1.54, 1.807) is 24.3 Å². The van der Waals surface area contributed by atoms with E-state index in [1.165, 1.54) is 5.56 Å². The molecule has 0 spiro atoms. The van der Waals surface area contributed by atoms with E-state index in [0.717, 1.165) is 5.56 Å². The van der Waals surface area contributed by atoms with Crippen LogP contribution >= 0.6 is 11.6 Å². The predicted molar refractivity (Wildman–Crippen MR) is 98.1 cm³/mol. The molecule has 7 heteroatoms. The van der Waals surface area contributed by atoms with Gasteiger partial charge in [-0.3, -0.25) is 4.79 Å². The van der Waals surface area contributed by atoms with Gasteiger partial charge >= 0.3 is 0 Å². The Morgan fingerprint density at radius 2 is 1.88 bits per heavy atom. The number of hydrogen-bond donors (Lipinski definition) is 1. The normalized spacial score (nSPS) is 10.5. The van der Waals surface area contributed by atoms with Gasteiger partial charge in [-0.05, 0) is 31.2 Å². The molecule has 0 unspecified atom stereocenters. The third-order valence-electron chi connectivity index (χ3n) is 3.62. The lowest BCUT2D eigenvalue weighted by atomic mass is 10.1. The summed E-state index contributed by atoms with van der Waals surface area (Å²) in [5.74, 6) is 1.37. The highest BCUT2D eigenvalue weighted by molar-refractivity contribution is 6.30. The summed E-state index contributed by atoms with van der Waals surface area (Å²) in [7, 11) is 0. The Morgan fingerprint density at radius 1 is 1.15 bits per heavy atom. The van der Waals surface area contributed by atoms with Crippen LogP contribution in [0.3, 0.4) is 0 Å². The number of aromatic nitrogens is 2. The number of hydrogen-bond acceptors (Lipinski definition) is 5. The molecule has 1 heterocycles. The Bertz CT molecular complexity index is 860. The third kappa shape index (κ3) is 5.07. The molecule has 0 aliphatic rings. The number of halogens is 1. The molecule has 0 saturated heterocycles. The molecule has 1 N–H and O–H groups in total. The average molecular weight is 372 g/mol. The van der Waals surface area contributed by atoms with Crippen LogP contribution in [0.2, 0.25) is 5.02 Å². The number of nitrogens with one attached hydrogen (secondary N) is 1. The van der Waals surface area contributed by atoms with Crippen molar-refractivity contribution >= 4 is 17.5 Å². The van der Waals surface area contributed by atoms with E-state index < -0.39 is 0 Å². The lowest BCUT2D eigenvalue weighted by Gasteiger charge is -2.06. The minimum Gasteiger partial charge on any atom is -0.484 e. The molecule has 0 atom stereocenters. The van der Waals surface area contributed by atoms with Crippen LogP contribution < -0.4 is 10.1 Å². The maximum Gasteiger partial charge on any atom is 0.257 e. The lowest BCUT2D eigenvalue weighted by Crippen LogP contribution is -2.30. The molecule has 134 valence electrons. The summed E-state index contributed by atoms with van der Waals surface area (Å²) < 4.78 is 10.6. The zero-order chi connectivity index (χ0) is 18.4. The van der Waals surface area contributed by atoms with Crippen LogP contribution in [0.5, 0.6) is 5.75 Å². The number of carbonyl (C=O) groups excluding carboxylic acids is 1. The van der Waals surface area contributed by atoms with E-state index in [2.05, 4.69) is 15.5 Å². The Kier molecular flexibility index (Phi) is 5.86. The van der Waals surface area contributed by atoms with Crippen LogP contribution in [0.25, 0.3) is 11.4 Å². The summed E-state index contributed by atoms with van der Waals surface area (Å²) in [5, 5.41) is 7.33. The second kappa shape index (κ2) is 8.49.